The van der Waals surface area contributed by atoms with Crippen LogP contribution in [0.3, 0.4) is 0 Å². The molecule has 0 radical (unpaired) electrons. The Morgan fingerprint density at radius 2 is 2.00 bits per heavy atom. The van der Waals surface area contributed by atoms with E-state index in [1.54, 1.807) is 18.3 Å². The van der Waals surface area contributed by atoms with Gasteiger partial charge in [-0.05, 0) is 24.3 Å². The molecule has 0 saturated heterocycles. The Kier molecular flexibility index (Phi) is 2.41. The molecule has 0 saturated carbocycles. The molecule has 70 valence electrons. The van der Waals surface area contributed by atoms with Crippen molar-refractivity contribution in [1.82, 2.24) is 4.98 Å². The van der Waals surface area contributed by atoms with Crippen molar-refractivity contribution in [2.45, 2.75) is 0 Å². The van der Waals surface area contributed by atoms with Crippen LogP contribution in [-0.2, 0) is 0 Å². The van der Waals surface area contributed by atoms with Crippen LogP contribution in [0.2, 0.25) is 0 Å². The molecule has 2 rings (SSSR count). The Morgan fingerprint density at radius 1 is 1.14 bits per heavy atom. The number of rotatable bonds is 1. The molecular weight excluding hydrogens is 197 g/mol. The van der Waals surface area contributed by atoms with Gasteiger partial charge in [0.05, 0.1) is 0 Å². The van der Waals surface area contributed by atoms with E-state index in [2.05, 4.69) is 4.98 Å². The smallest absolute Gasteiger partial charge is 0.123 e. The normalized spacial score (nSPS) is 10.1. The average Bonchev–Trinajstić information content (AvgIpc) is 2.18. The molecule has 2 aromatic rings. The maximum absolute atomic E-state index is 12.9. The van der Waals surface area contributed by atoms with Gasteiger partial charge in [-0.25, -0.2) is 4.39 Å². The van der Waals surface area contributed by atoms with Crippen LogP contribution in [0.1, 0.15) is 0 Å². The van der Waals surface area contributed by atoms with Crippen LogP contribution in [0.4, 0.5) is 4.39 Å². The van der Waals surface area contributed by atoms with Gasteiger partial charge in [-0.15, -0.1) is 0 Å². The second-order valence-electron chi connectivity index (χ2n) is 2.95. The van der Waals surface area contributed by atoms with E-state index < -0.39 is 0 Å². The molecule has 1 N–H and O–H groups in total. The van der Waals surface area contributed by atoms with E-state index in [0.717, 1.165) is 15.8 Å². The zero-order chi connectivity index (χ0) is 9.97. The molecule has 1 heterocycles. The van der Waals surface area contributed by atoms with Crippen molar-refractivity contribution in [3.05, 3.63) is 52.9 Å². The highest BCUT2D eigenvalue weighted by Crippen LogP contribution is 2.17. The predicted octanol–water partition coefficient (Wildman–Crippen LogP) is 3.55. The van der Waals surface area contributed by atoms with Crippen LogP contribution in [0.5, 0.6) is 0 Å². The molecule has 14 heavy (non-hydrogen) atoms. The molecule has 0 fully saturated rings. The van der Waals surface area contributed by atoms with Crippen molar-refractivity contribution in [3.8, 4) is 11.3 Å². The zero-order valence-corrected chi connectivity index (χ0v) is 8.14. The number of hydrogen-bond donors (Lipinski definition) is 1. The molecule has 0 atom stereocenters. The van der Waals surface area contributed by atoms with Crippen LogP contribution in [0, 0.1) is 10.3 Å². The largest absolute Gasteiger partial charge is 0.361 e. The van der Waals surface area contributed by atoms with Gasteiger partial charge in [0.25, 0.3) is 0 Å². The van der Waals surface area contributed by atoms with Crippen LogP contribution >= 0.6 is 12.2 Å². The Labute approximate surface area is 86.2 Å². The lowest BCUT2D eigenvalue weighted by Gasteiger charge is -2.00. The first-order valence-corrected chi connectivity index (χ1v) is 4.61. The molecule has 0 aliphatic heterocycles. The second kappa shape index (κ2) is 3.72. The fourth-order valence-corrected chi connectivity index (χ4v) is 1.45. The van der Waals surface area contributed by atoms with Crippen molar-refractivity contribution in [2.24, 2.45) is 0 Å². The Morgan fingerprint density at radius 3 is 2.71 bits per heavy atom. The van der Waals surface area contributed by atoms with Gasteiger partial charge in [0, 0.05) is 22.0 Å². The molecule has 1 aromatic heterocycles. The highest BCUT2D eigenvalue weighted by atomic mass is 32.1. The van der Waals surface area contributed by atoms with Crippen molar-refractivity contribution in [1.29, 1.82) is 0 Å². The van der Waals surface area contributed by atoms with Crippen molar-refractivity contribution in [3.63, 3.8) is 0 Å². The number of nitrogens with one attached hydrogen (secondary N) is 1. The van der Waals surface area contributed by atoms with Gasteiger partial charge in [-0.3, -0.25) is 0 Å². The highest BCUT2D eigenvalue weighted by molar-refractivity contribution is 7.71. The molecule has 0 unspecified atom stereocenters. The van der Waals surface area contributed by atoms with Gasteiger partial charge in [0.2, 0.25) is 0 Å². The van der Waals surface area contributed by atoms with Gasteiger partial charge < -0.3 is 4.98 Å². The molecular formula is C11H8FNS. The lowest BCUT2D eigenvalue weighted by Crippen LogP contribution is -1.83. The van der Waals surface area contributed by atoms with Crippen LogP contribution < -0.4 is 0 Å². The van der Waals surface area contributed by atoms with Crippen LogP contribution in [0.15, 0.2) is 42.6 Å². The Hall–Kier alpha value is -1.48. The lowest BCUT2D eigenvalue weighted by atomic mass is 10.1. The molecule has 0 spiro atoms. The summed E-state index contributed by atoms with van der Waals surface area (Å²) in [5.41, 5.74) is 1.63. The molecule has 3 heteroatoms. The molecule has 1 aromatic carbocycles. The van der Waals surface area contributed by atoms with Gasteiger partial charge in [0.15, 0.2) is 0 Å². The van der Waals surface area contributed by atoms with E-state index in [1.807, 2.05) is 12.1 Å². The minimum Gasteiger partial charge on any atom is -0.361 e. The number of aromatic amines is 1. The zero-order valence-electron chi connectivity index (χ0n) is 7.33. The Balaban J connectivity index is 2.55. The first-order valence-electron chi connectivity index (χ1n) is 4.20. The first-order chi connectivity index (χ1) is 6.75. The molecule has 0 bridgehead atoms. The fraction of sp³-hybridized carbons (Fsp3) is 0. The third-order valence-corrected chi connectivity index (χ3v) is 2.16. The van der Waals surface area contributed by atoms with E-state index in [9.17, 15) is 4.39 Å². The summed E-state index contributed by atoms with van der Waals surface area (Å²) in [6.45, 7) is 0. The fourth-order valence-electron chi connectivity index (χ4n) is 1.27. The molecule has 0 aliphatic carbocycles. The average molecular weight is 205 g/mol. The summed E-state index contributed by atoms with van der Waals surface area (Å²) < 4.78 is 13.7. The van der Waals surface area contributed by atoms with Gasteiger partial charge in [0.1, 0.15) is 5.82 Å². The second-order valence-corrected chi connectivity index (χ2v) is 3.42. The maximum atomic E-state index is 12.9. The summed E-state index contributed by atoms with van der Waals surface area (Å²) in [5.74, 6) is -0.245. The van der Waals surface area contributed by atoms with Crippen LogP contribution in [0.25, 0.3) is 11.3 Å². The number of benzene rings is 1. The molecule has 1 nitrogen and oxygen atoms in total. The summed E-state index contributed by atoms with van der Waals surface area (Å²) in [7, 11) is 0. The summed E-state index contributed by atoms with van der Waals surface area (Å²) in [6.07, 6.45) is 1.75. The van der Waals surface area contributed by atoms with E-state index >= 15 is 0 Å². The van der Waals surface area contributed by atoms with E-state index in [-0.39, 0.29) is 5.82 Å². The van der Waals surface area contributed by atoms with Gasteiger partial charge >= 0.3 is 0 Å². The minimum absolute atomic E-state index is 0.245. The maximum Gasteiger partial charge on any atom is 0.123 e. The van der Waals surface area contributed by atoms with Crippen molar-refractivity contribution in [2.75, 3.05) is 0 Å². The van der Waals surface area contributed by atoms with Crippen LogP contribution in [-0.4, -0.2) is 4.98 Å². The third-order valence-electron chi connectivity index (χ3n) is 1.91. The Bertz CT molecular complexity index is 504. The number of halogens is 1. The number of H-pyrrole nitrogens is 1. The number of pyridine rings is 1. The standard InChI is InChI=1S/C11H8FNS/c12-9-3-1-2-8(6-9)11-7-10(14)4-5-13-11/h1-7H,(H,13,14). The minimum atomic E-state index is -0.245. The summed E-state index contributed by atoms with van der Waals surface area (Å²) >= 11 is 5.02. The first kappa shape index (κ1) is 9.09. The summed E-state index contributed by atoms with van der Waals surface area (Å²) in [4.78, 5) is 3.02. The molecule has 0 amide bonds. The predicted molar refractivity (Wildman–Crippen MR) is 57.0 cm³/mol. The van der Waals surface area contributed by atoms with Crippen molar-refractivity contribution < 1.29 is 4.39 Å². The quantitative estimate of drug-likeness (QED) is 0.704. The van der Waals surface area contributed by atoms with Gasteiger partial charge in [-0.2, -0.15) is 0 Å². The summed E-state index contributed by atoms with van der Waals surface area (Å²) in [6, 6.07) is 10.0. The van der Waals surface area contributed by atoms with E-state index in [4.69, 9.17) is 12.2 Å². The third kappa shape index (κ3) is 1.88. The lowest BCUT2D eigenvalue weighted by molar-refractivity contribution is 0.628. The molecule has 0 aliphatic rings. The monoisotopic (exact) mass is 205 g/mol. The van der Waals surface area contributed by atoms with E-state index in [0.29, 0.717) is 0 Å². The number of hydrogen-bond acceptors (Lipinski definition) is 1. The summed E-state index contributed by atoms with van der Waals surface area (Å²) in [5, 5.41) is 0. The SMILES string of the molecule is Fc1cccc(-c2cc(=S)cc[nH]2)c1. The number of aromatic nitrogens is 1. The van der Waals surface area contributed by atoms with E-state index in [1.165, 1.54) is 12.1 Å². The topological polar surface area (TPSA) is 15.8 Å². The van der Waals surface area contributed by atoms with Gasteiger partial charge in [-0.1, -0.05) is 24.4 Å². The highest BCUT2D eigenvalue weighted by Gasteiger charge is 1.98. The van der Waals surface area contributed by atoms with Crippen molar-refractivity contribution >= 4 is 12.2 Å².